The molecule has 0 amide bonds. The summed E-state index contributed by atoms with van der Waals surface area (Å²) in [4.78, 5) is 11.7. The first-order valence-electron chi connectivity index (χ1n) is 9.12. The lowest BCUT2D eigenvalue weighted by atomic mass is 10.2. The molecule has 0 aromatic heterocycles. The van der Waals surface area contributed by atoms with E-state index >= 15 is 0 Å². The molecule has 7 nitrogen and oxygen atoms in total. The van der Waals surface area contributed by atoms with Crippen molar-refractivity contribution in [2.45, 2.75) is 11.8 Å². The number of hydrogen-bond acceptors (Lipinski definition) is 6. The molecular weight excluding hydrogens is 401 g/mol. The van der Waals surface area contributed by atoms with E-state index in [0.29, 0.717) is 5.75 Å². The fourth-order valence-corrected chi connectivity index (χ4v) is 4.26. The minimum Gasteiger partial charge on any atom is -0.490 e. The van der Waals surface area contributed by atoms with Crippen molar-refractivity contribution in [1.82, 2.24) is 4.31 Å². The molecule has 0 radical (unpaired) electrons. The average Bonchev–Trinajstić information content (AvgIpc) is 2.73. The Kier molecular flexibility index (Phi) is 6.83. The molecule has 1 saturated heterocycles. The Balaban J connectivity index is 1.62. The van der Waals surface area contributed by atoms with E-state index in [1.54, 1.807) is 12.1 Å². The Hall–Kier alpha value is -2.49. The maximum absolute atomic E-state index is 14.2. The van der Waals surface area contributed by atoms with Gasteiger partial charge in [0, 0.05) is 13.1 Å². The molecular formula is C20H22FNO6S. The summed E-state index contributed by atoms with van der Waals surface area (Å²) in [6, 6.07) is 10.6. The maximum atomic E-state index is 14.2. The van der Waals surface area contributed by atoms with E-state index in [4.69, 9.17) is 14.2 Å². The van der Waals surface area contributed by atoms with Gasteiger partial charge < -0.3 is 14.2 Å². The van der Waals surface area contributed by atoms with E-state index in [1.807, 2.05) is 19.1 Å². The van der Waals surface area contributed by atoms with Gasteiger partial charge in [0.2, 0.25) is 10.0 Å². The molecule has 2 aromatic carbocycles. The topological polar surface area (TPSA) is 82.1 Å². The van der Waals surface area contributed by atoms with Gasteiger partial charge in [0.15, 0.2) is 0 Å². The molecule has 0 unspecified atom stereocenters. The number of halogens is 1. The number of hydrogen-bond donors (Lipinski definition) is 0. The van der Waals surface area contributed by atoms with Gasteiger partial charge in [-0.25, -0.2) is 17.6 Å². The first-order chi connectivity index (χ1) is 13.9. The van der Waals surface area contributed by atoms with Crippen molar-refractivity contribution in [3.63, 3.8) is 0 Å². The van der Waals surface area contributed by atoms with Crippen molar-refractivity contribution in [3.8, 4) is 5.75 Å². The van der Waals surface area contributed by atoms with Crippen LogP contribution in [-0.4, -0.2) is 58.2 Å². The van der Waals surface area contributed by atoms with E-state index in [-0.39, 0.29) is 45.1 Å². The number of ether oxygens (including phenoxy) is 3. The molecule has 3 rings (SSSR count). The van der Waals surface area contributed by atoms with Crippen LogP contribution in [0.3, 0.4) is 0 Å². The minimum absolute atomic E-state index is 0.0321. The predicted molar refractivity (Wildman–Crippen MR) is 103 cm³/mol. The summed E-state index contributed by atoms with van der Waals surface area (Å²) in [5.41, 5.74) is 1.05. The summed E-state index contributed by atoms with van der Waals surface area (Å²) < 4.78 is 56.4. The number of carbonyl (C=O) groups is 1. The molecule has 0 N–H and O–H groups in total. The molecule has 0 bridgehead atoms. The monoisotopic (exact) mass is 423 g/mol. The molecule has 156 valence electrons. The van der Waals surface area contributed by atoms with Crippen LogP contribution < -0.4 is 4.74 Å². The summed E-state index contributed by atoms with van der Waals surface area (Å²) in [5.74, 6) is -1.03. The van der Waals surface area contributed by atoms with Gasteiger partial charge in [-0.15, -0.1) is 0 Å². The smallest absolute Gasteiger partial charge is 0.338 e. The van der Waals surface area contributed by atoms with Crippen molar-refractivity contribution >= 4 is 16.0 Å². The van der Waals surface area contributed by atoms with Crippen molar-refractivity contribution in [1.29, 1.82) is 0 Å². The number of aryl methyl sites for hydroxylation is 1. The van der Waals surface area contributed by atoms with Gasteiger partial charge in [-0.05, 0) is 37.3 Å². The quantitative estimate of drug-likeness (QED) is 0.502. The summed E-state index contributed by atoms with van der Waals surface area (Å²) >= 11 is 0. The van der Waals surface area contributed by atoms with Gasteiger partial charge in [0.05, 0.1) is 18.8 Å². The molecule has 0 spiro atoms. The Bertz CT molecular complexity index is 955. The van der Waals surface area contributed by atoms with Crippen molar-refractivity contribution in [2.75, 3.05) is 39.5 Å². The Labute approximate surface area is 169 Å². The lowest BCUT2D eigenvalue weighted by molar-refractivity contribution is 0.0450. The van der Waals surface area contributed by atoms with Gasteiger partial charge >= 0.3 is 5.97 Å². The molecule has 1 heterocycles. The minimum atomic E-state index is -4.07. The van der Waals surface area contributed by atoms with Gasteiger partial charge in [-0.1, -0.05) is 17.7 Å². The van der Waals surface area contributed by atoms with Crippen LogP contribution in [0.25, 0.3) is 0 Å². The van der Waals surface area contributed by atoms with Crippen LogP contribution in [0, 0.1) is 12.7 Å². The Morgan fingerprint density at radius 3 is 2.48 bits per heavy atom. The van der Waals surface area contributed by atoms with Gasteiger partial charge in [0.25, 0.3) is 0 Å². The van der Waals surface area contributed by atoms with Gasteiger partial charge in [0.1, 0.15) is 29.7 Å². The van der Waals surface area contributed by atoms with Crippen LogP contribution in [0.4, 0.5) is 4.39 Å². The zero-order valence-electron chi connectivity index (χ0n) is 16.0. The molecule has 29 heavy (non-hydrogen) atoms. The van der Waals surface area contributed by atoms with Crippen LogP contribution in [0.5, 0.6) is 5.75 Å². The molecule has 1 aliphatic rings. The third-order valence-corrected chi connectivity index (χ3v) is 6.27. The molecule has 0 aliphatic carbocycles. The second-order valence-electron chi connectivity index (χ2n) is 6.46. The Morgan fingerprint density at radius 1 is 1.10 bits per heavy atom. The van der Waals surface area contributed by atoms with E-state index in [1.165, 1.54) is 6.07 Å². The lowest BCUT2D eigenvalue weighted by Gasteiger charge is -2.26. The van der Waals surface area contributed by atoms with E-state index in [9.17, 15) is 17.6 Å². The summed E-state index contributed by atoms with van der Waals surface area (Å²) in [7, 11) is -4.07. The average molecular weight is 423 g/mol. The molecule has 0 saturated carbocycles. The summed E-state index contributed by atoms with van der Waals surface area (Å²) in [6.45, 7) is 2.80. The highest BCUT2D eigenvalue weighted by Gasteiger charge is 2.30. The SMILES string of the molecule is Cc1ccc(OCCOC(=O)c2ccc(F)c(S(=O)(=O)N3CCOCC3)c2)cc1. The van der Waals surface area contributed by atoms with Crippen LogP contribution in [0.15, 0.2) is 47.4 Å². The maximum Gasteiger partial charge on any atom is 0.338 e. The second-order valence-corrected chi connectivity index (χ2v) is 8.37. The van der Waals surface area contributed by atoms with Crippen molar-refractivity contribution < 1.29 is 31.8 Å². The van der Waals surface area contributed by atoms with E-state index in [0.717, 1.165) is 22.0 Å². The van der Waals surface area contributed by atoms with Crippen molar-refractivity contribution in [2.24, 2.45) is 0 Å². The first kappa shape index (κ1) is 21.2. The third-order valence-electron chi connectivity index (χ3n) is 4.36. The highest BCUT2D eigenvalue weighted by Crippen LogP contribution is 2.22. The summed E-state index contributed by atoms with van der Waals surface area (Å²) in [5, 5.41) is 0. The highest BCUT2D eigenvalue weighted by atomic mass is 32.2. The normalized spacial score (nSPS) is 15.1. The van der Waals surface area contributed by atoms with E-state index < -0.39 is 26.7 Å². The molecule has 1 aliphatic heterocycles. The molecule has 0 atom stereocenters. The largest absolute Gasteiger partial charge is 0.490 e. The number of carbonyl (C=O) groups excluding carboxylic acids is 1. The van der Waals surface area contributed by atoms with E-state index in [2.05, 4.69) is 0 Å². The lowest BCUT2D eigenvalue weighted by Crippen LogP contribution is -2.41. The van der Waals surface area contributed by atoms with Gasteiger partial charge in [-0.2, -0.15) is 4.31 Å². The van der Waals surface area contributed by atoms with Crippen LogP contribution >= 0.6 is 0 Å². The number of morpholine rings is 1. The fraction of sp³-hybridized carbons (Fsp3) is 0.350. The fourth-order valence-electron chi connectivity index (χ4n) is 2.77. The number of nitrogens with zero attached hydrogens (tertiary/aromatic N) is 1. The van der Waals surface area contributed by atoms with Crippen LogP contribution in [0.2, 0.25) is 0 Å². The third kappa shape index (κ3) is 5.31. The standard InChI is InChI=1S/C20H22FNO6S/c1-15-2-5-17(6-3-15)27-12-13-28-20(23)16-4-7-18(21)19(14-16)29(24,25)22-8-10-26-11-9-22/h2-7,14H,8-13H2,1H3. The second kappa shape index (κ2) is 9.34. The number of rotatable bonds is 7. The molecule has 2 aromatic rings. The first-order valence-corrected chi connectivity index (χ1v) is 10.6. The highest BCUT2D eigenvalue weighted by molar-refractivity contribution is 7.89. The van der Waals surface area contributed by atoms with Crippen LogP contribution in [0.1, 0.15) is 15.9 Å². The Morgan fingerprint density at radius 2 is 1.79 bits per heavy atom. The van der Waals surface area contributed by atoms with Crippen molar-refractivity contribution in [3.05, 3.63) is 59.4 Å². The van der Waals surface area contributed by atoms with Gasteiger partial charge in [-0.3, -0.25) is 0 Å². The number of esters is 1. The van der Waals surface area contributed by atoms with Crippen LogP contribution in [-0.2, 0) is 19.5 Å². The molecule has 1 fully saturated rings. The number of benzene rings is 2. The zero-order valence-corrected chi connectivity index (χ0v) is 16.8. The number of sulfonamides is 1. The zero-order chi connectivity index (χ0) is 20.9. The summed E-state index contributed by atoms with van der Waals surface area (Å²) in [6.07, 6.45) is 0. The molecule has 9 heteroatoms. The predicted octanol–water partition coefficient (Wildman–Crippen LogP) is 2.39.